The zero-order chi connectivity index (χ0) is 22.2. The zero-order valence-corrected chi connectivity index (χ0v) is 16.7. The van der Waals surface area contributed by atoms with Gasteiger partial charge in [0.05, 0.1) is 11.6 Å². The highest BCUT2D eigenvalue weighted by Gasteiger charge is 2.37. The summed E-state index contributed by atoms with van der Waals surface area (Å²) in [5, 5.41) is 2.78. The molecule has 0 saturated carbocycles. The molecule has 2 atom stereocenters. The van der Waals surface area contributed by atoms with Crippen molar-refractivity contribution >= 4 is 11.7 Å². The van der Waals surface area contributed by atoms with Crippen LogP contribution < -0.4 is 5.32 Å². The number of nitrogens with one attached hydrogen (secondary N) is 1. The maximum Gasteiger partial charge on any atom is 0.416 e. The first-order chi connectivity index (χ1) is 14.7. The Morgan fingerprint density at radius 1 is 0.968 bits per heavy atom. The lowest BCUT2D eigenvalue weighted by atomic mass is 9.85. The van der Waals surface area contributed by atoms with Crippen LogP contribution in [0, 0.1) is 5.82 Å². The molecule has 0 radical (unpaired) electrons. The van der Waals surface area contributed by atoms with Gasteiger partial charge in [-0.2, -0.15) is 13.2 Å². The summed E-state index contributed by atoms with van der Waals surface area (Å²) < 4.78 is 52.3. The predicted octanol–water partition coefficient (Wildman–Crippen LogP) is 6.41. The number of hydrogen-bond donors (Lipinski definition) is 1. The van der Waals surface area contributed by atoms with Gasteiger partial charge in [0, 0.05) is 11.7 Å². The van der Waals surface area contributed by atoms with E-state index in [0.29, 0.717) is 17.7 Å². The van der Waals surface area contributed by atoms with E-state index in [1.54, 1.807) is 4.90 Å². The minimum atomic E-state index is -4.43. The van der Waals surface area contributed by atoms with Gasteiger partial charge >= 0.3 is 12.2 Å². The largest absolute Gasteiger partial charge is 0.416 e. The predicted molar refractivity (Wildman–Crippen MR) is 110 cm³/mol. The van der Waals surface area contributed by atoms with Crippen LogP contribution in [-0.2, 0) is 12.6 Å². The number of halogens is 4. The van der Waals surface area contributed by atoms with Gasteiger partial charge in [-0.3, -0.25) is 0 Å². The minimum Gasteiger partial charge on any atom is -0.310 e. The number of amides is 2. The summed E-state index contributed by atoms with van der Waals surface area (Å²) >= 11 is 0. The van der Waals surface area contributed by atoms with E-state index >= 15 is 0 Å². The second-order valence-electron chi connectivity index (χ2n) is 7.62. The lowest BCUT2D eigenvalue weighted by molar-refractivity contribution is -0.137. The summed E-state index contributed by atoms with van der Waals surface area (Å²) in [5.41, 5.74) is 2.20. The molecule has 1 aliphatic heterocycles. The molecule has 0 spiro atoms. The molecule has 0 saturated heterocycles. The van der Waals surface area contributed by atoms with Crippen molar-refractivity contribution in [2.45, 2.75) is 31.6 Å². The SMILES string of the molecule is C[C@@H]1Cc2ccccc2[C@H](c2ccc(C(F)(F)F)cc2)N1C(=O)Nc1ccc(F)cc1. The summed E-state index contributed by atoms with van der Waals surface area (Å²) in [4.78, 5) is 14.9. The molecule has 3 aromatic rings. The van der Waals surface area contributed by atoms with E-state index in [1.807, 2.05) is 31.2 Å². The molecule has 0 aliphatic carbocycles. The molecular formula is C24H20F4N2O. The average molecular weight is 428 g/mol. The molecule has 0 fully saturated rings. The van der Waals surface area contributed by atoms with Crippen molar-refractivity contribution < 1.29 is 22.4 Å². The molecule has 160 valence electrons. The molecule has 3 aromatic carbocycles. The third kappa shape index (κ3) is 4.26. The number of fused-ring (bicyclic) bond motifs is 1. The van der Waals surface area contributed by atoms with Gasteiger partial charge in [0.25, 0.3) is 0 Å². The number of alkyl halides is 3. The fourth-order valence-corrected chi connectivity index (χ4v) is 4.04. The van der Waals surface area contributed by atoms with E-state index in [-0.39, 0.29) is 6.04 Å². The standard InChI is InChI=1S/C24H20F4N2O/c1-15-14-17-4-2-3-5-21(17)22(16-6-8-18(9-7-16)24(26,27)28)30(15)23(31)29-20-12-10-19(25)11-13-20/h2-13,15,22H,14H2,1H3,(H,29,31)/t15-,22+/m1/s1. The molecule has 0 unspecified atom stereocenters. The van der Waals surface area contributed by atoms with Crippen LogP contribution in [-0.4, -0.2) is 17.0 Å². The Labute approximate surface area is 177 Å². The molecule has 0 bridgehead atoms. The van der Waals surface area contributed by atoms with E-state index in [2.05, 4.69) is 5.32 Å². The quantitative estimate of drug-likeness (QED) is 0.470. The Bertz CT molecular complexity index is 1080. The van der Waals surface area contributed by atoms with Crippen LogP contribution in [0.1, 0.15) is 35.2 Å². The summed E-state index contributed by atoms with van der Waals surface area (Å²) in [7, 11) is 0. The number of rotatable bonds is 2. The molecule has 0 aromatic heterocycles. The first kappa shape index (κ1) is 20.9. The number of carbonyl (C=O) groups excluding carboxylic acids is 1. The summed E-state index contributed by atoms with van der Waals surface area (Å²) in [6, 6.07) is 16.8. The normalized spacial score (nSPS) is 18.4. The topological polar surface area (TPSA) is 32.3 Å². The van der Waals surface area contributed by atoms with Crippen molar-refractivity contribution in [2.75, 3.05) is 5.32 Å². The Morgan fingerprint density at radius 2 is 1.61 bits per heavy atom. The average Bonchev–Trinajstić information content (AvgIpc) is 2.74. The summed E-state index contributed by atoms with van der Waals surface area (Å²) in [5.74, 6) is -0.416. The summed E-state index contributed by atoms with van der Waals surface area (Å²) in [6.07, 6.45) is -3.82. The van der Waals surface area contributed by atoms with Crippen LogP contribution in [0.4, 0.5) is 28.0 Å². The molecule has 1 N–H and O–H groups in total. The first-order valence-electron chi connectivity index (χ1n) is 9.84. The van der Waals surface area contributed by atoms with E-state index < -0.39 is 29.6 Å². The smallest absolute Gasteiger partial charge is 0.310 e. The van der Waals surface area contributed by atoms with Crippen LogP contribution in [0.5, 0.6) is 0 Å². The number of carbonyl (C=O) groups is 1. The van der Waals surface area contributed by atoms with Gasteiger partial charge in [0.2, 0.25) is 0 Å². The highest BCUT2D eigenvalue weighted by atomic mass is 19.4. The number of nitrogens with zero attached hydrogens (tertiary/aromatic N) is 1. The molecule has 1 heterocycles. The Balaban J connectivity index is 1.73. The van der Waals surface area contributed by atoms with Crippen molar-refractivity contribution in [3.05, 3.63) is 101 Å². The van der Waals surface area contributed by atoms with Gasteiger partial charge in [0.1, 0.15) is 5.82 Å². The molecule has 4 rings (SSSR count). The van der Waals surface area contributed by atoms with Gasteiger partial charge < -0.3 is 10.2 Å². The van der Waals surface area contributed by atoms with Gasteiger partial charge in [-0.25, -0.2) is 9.18 Å². The third-order valence-electron chi connectivity index (χ3n) is 5.50. The van der Waals surface area contributed by atoms with E-state index in [4.69, 9.17) is 0 Å². The van der Waals surface area contributed by atoms with Gasteiger partial charge in [-0.1, -0.05) is 36.4 Å². The molecule has 3 nitrogen and oxygen atoms in total. The Morgan fingerprint density at radius 3 is 2.26 bits per heavy atom. The van der Waals surface area contributed by atoms with Crippen molar-refractivity contribution in [3.8, 4) is 0 Å². The molecule has 2 amide bonds. The van der Waals surface area contributed by atoms with Gasteiger partial charge in [0.15, 0.2) is 0 Å². The lowest BCUT2D eigenvalue weighted by Gasteiger charge is -2.42. The zero-order valence-electron chi connectivity index (χ0n) is 16.7. The van der Waals surface area contributed by atoms with E-state index in [0.717, 1.165) is 23.3 Å². The molecular weight excluding hydrogens is 408 g/mol. The van der Waals surface area contributed by atoms with Crippen LogP contribution in [0.15, 0.2) is 72.8 Å². The van der Waals surface area contributed by atoms with Crippen LogP contribution in [0.3, 0.4) is 0 Å². The van der Waals surface area contributed by atoms with Crippen LogP contribution in [0.2, 0.25) is 0 Å². The molecule has 31 heavy (non-hydrogen) atoms. The Kier molecular flexibility index (Phi) is 5.43. The second kappa shape index (κ2) is 8.06. The lowest BCUT2D eigenvalue weighted by Crippen LogP contribution is -2.48. The first-order valence-corrected chi connectivity index (χ1v) is 9.84. The number of anilines is 1. The van der Waals surface area contributed by atoms with Crippen molar-refractivity contribution in [1.29, 1.82) is 0 Å². The van der Waals surface area contributed by atoms with Crippen molar-refractivity contribution in [1.82, 2.24) is 4.90 Å². The van der Waals surface area contributed by atoms with Gasteiger partial charge in [-0.15, -0.1) is 0 Å². The van der Waals surface area contributed by atoms with E-state index in [9.17, 15) is 22.4 Å². The summed E-state index contributed by atoms with van der Waals surface area (Å²) in [6.45, 7) is 1.90. The number of hydrogen-bond acceptors (Lipinski definition) is 1. The molecule has 1 aliphatic rings. The number of urea groups is 1. The van der Waals surface area contributed by atoms with Crippen LogP contribution in [0.25, 0.3) is 0 Å². The van der Waals surface area contributed by atoms with Crippen molar-refractivity contribution in [3.63, 3.8) is 0 Å². The third-order valence-corrected chi connectivity index (χ3v) is 5.50. The van der Waals surface area contributed by atoms with E-state index in [1.165, 1.54) is 36.4 Å². The highest BCUT2D eigenvalue weighted by molar-refractivity contribution is 5.90. The minimum absolute atomic E-state index is 0.206. The van der Waals surface area contributed by atoms with Crippen LogP contribution >= 0.6 is 0 Å². The maximum absolute atomic E-state index is 13.2. The fourth-order valence-electron chi connectivity index (χ4n) is 4.04. The van der Waals surface area contributed by atoms with Gasteiger partial charge in [-0.05, 0) is 66.4 Å². The Hall–Kier alpha value is -3.35. The number of benzene rings is 3. The monoisotopic (exact) mass is 428 g/mol. The molecule has 7 heteroatoms. The highest BCUT2D eigenvalue weighted by Crippen LogP contribution is 2.39. The van der Waals surface area contributed by atoms with Crippen molar-refractivity contribution in [2.24, 2.45) is 0 Å². The second-order valence-corrected chi connectivity index (χ2v) is 7.62. The maximum atomic E-state index is 13.2. The fraction of sp³-hybridized carbons (Fsp3) is 0.208.